The van der Waals surface area contributed by atoms with E-state index in [1.807, 2.05) is 0 Å². The van der Waals surface area contributed by atoms with E-state index < -0.39 is 0 Å². The lowest BCUT2D eigenvalue weighted by molar-refractivity contribution is 0.0897. The van der Waals surface area contributed by atoms with Gasteiger partial charge in [-0.05, 0) is 37.8 Å². The van der Waals surface area contributed by atoms with Crippen molar-refractivity contribution in [3.8, 4) is 0 Å². The number of carbonyl (C=O) groups is 1. The van der Waals surface area contributed by atoms with Crippen LogP contribution in [0.2, 0.25) is 0 Å². The molecule has 120 valence electrons. The topological polar surface area (TPSA) is 114 Å². The summed E-state index contributed by atoms with van der Waals surface area (Å²) in [5, 5.41) is 10.1. The summed E-state index contributed by atoms with van der Waals surface area (Å²) in [6, 6.07) is 1.63. The van der Waals surface area contributed by atoms with Gasteiger partial charge in [0.1, 0.15) is 11.5 Å². The Labute approximate surface area is 131 Å². The summed E-state index contributed by atoms with van der Waals surface area (Å²) in [7, 11) is 0. The number of aromatic nitrogens is 4. The van der Waals surface area contributed by atoms with Gasteiger partial charge in [-0.25, -0.2) is 9.61 Å². The minimum Gasteiger partial charge on any atom is -0.348 e. The molecule has 2 aromatic heterocycles. The van der Waals surface area contributed by atoms with Gasteiger partial charge in [0.25, 0.3) is 11.5 Å². The van der Waals surface area contributed by atoms with E-state index >= 15 is 0 Å². The molecule has 2 aliphatic carbocycles. The van der Waals surface area contributed by atoms with Crippen LogP contribution in [0.15, 0.2) is 15.5 Å². The maximum absolute atomic E-state index is 12.0. The van der Waals surface area contributed by atoms with E-state index in [9.17, 15) is 9.59 Å². The number of nitrogens with zero attached hydrogens (tertiary/aromatic N) is 3. The first-order valence-corrected chi connectivity index (χ1v) is 7.81. The molecular weight excluding hydrogens is 298 g/mol. The van der Waals surface area contributed by atoms with Crippen LogP contribution in [0.1, 0.15) is 65.2 Å². The van der Waals surface area contributed by atoms with Gasteiger partial charge in [-0.2, -0.15) is 0 Å². The summed E-state index contributed by atoms with van der Waals surface area (Å²) >= 11 is 0. The average Bonchev–Trinajstić information content (AvgIpc) is 3.23. The zero-order valence-corrected chi connectivity index (χ0v) is 12.7. The molecule has 2 fully saturated rings. The molecule has 2 saturated carbocycles. The molecule has 23 heavy (non-hydrogen) atoms. The zero-order chi connectivity index (χ0) is 16.0. The number of carbonyl (C=O) groups excluding carboxylic acids is 1. The highest BCUT2D eigenvalue weighted by molar-refractivity contribution is 5.93. The SMILES string of the molecule is Cc1nonc1C(=O)NC1CC(c2cc(=O)[nH]c(C3CC3)n2)C1. The Kier molecular flexibility index (Phi) is 3.24. The fourth-order valence-corrected chi connectivity index (χ4v) is 2.92. The van der Waals surface area contributed by atoms with Crippen molar-refractivity contribution in [2.24, 2.45) is 0 Å². The van der Waals surface area contributed by atoms with Crippen LogP contribution in [0.4, 0.5) is 0 Å². The summed E-state index contributed by atoms with van der Waals surface area (Å²) in [4.78, 5) is 31.2. The summed E-state index contributed by atoms with van der Waals surface area (Å²) in [6.45, 7) is 1.68. The number of aromatic amines is 1. The summed E-state index contributed by atoms with van der Waals surface area (Å²) in [5.41, 5.74) is 1.44. The van der Waals surface area contributed by atoms with Gasteiger partial charge in [0.2, 0.25) is 0 Å². The normalized spacial score (nSPS) is 23.3. The molecule has 4 rings (SSSR count). The van der Waals surface area contributed by atoms with Crippen molar-refractivity contribution in [2.75, 3.05) is 0 Å². The van der Waals surface area contributed by atoms with Gasteiger partial charge in [-0.15, -0.1) is 0 Å². The van der Waals surface area contributed by atoms with Crippen molar-refractivity contribution in [1.29, 1.82) is 0 Å². The molecule has 0 radical (unpaired) electrons. The summed E-state index contributed by atoms with van der Waals surface area (Å²) in [6.07, 6.45) is 3.74. The minimum absolute atomic E-state index is 0.0639. The second kappa shape index (κ2) is 5.29. The molecule has 0 saturated heterocycles. The van der Waals surface area contributed by atoms with Gasteiger partial charge < -0.3 is 10.3 Å². The Morgan fingerprint density at radius 3 is 2.74 bits per heavy atom. The standard InChI is InChI=1S/C15H17N5O3/c1-7-13(20-23-19-7)15(22)16-10-4-9(5-10)11-6-12(21)18-14(17-11)8-2-3-8/h6,8-10H,2-5H2,1H3,(H,16,22)(H,17,18,21). The first-order chi connectivity index (χ1) is 11.1. The van der Waals surface area contributed by atoms with Crippen molar-refractivity contribution in [3.63, 3.8) is 0 Å². The Hall–Kier alpha value is -2.51. The maximum Gasteiger partial charge on any atom is 0.275 e. The lowest BCUT2D eigenvalue weighted by atomic mass is 9.78. The molecule has 0 atom stereocenters. The monoisotopic (exact) mass is 315 g/mol. The number of hydrogen-bond donors (Lipinski definition) is 2. The fourth-order valence-electron chi connectivity index (χ4n) is 2.92. The van der Waals surface area contributed by atoms with E-state index in [0.717, 1.165) is 37.2 Å². The maximum atomic E-state index is 12.0. The molecule has 8 nitrogen and oxygen atoms in total. The Morgan fingerprint density at radius 2 is 2.09 bits per heavy atom. The van der Waals surface area contributed by atoms with Crippen LogP contribution in [-0.4, -0.2) is 32.2 Å². The van der Waals surface area contributed by atoms with E-state index in [-0.39, 0.29) is 29.1 Å². The molecule has 0 bridgehead atoms. The van der Waals surface area contributed by atoms with Crippen LogP contribution in [0.3, 0.4) is 0 Å². The van der Waals surface area contributed by atoms with Gasteiger partial charge in [0.15, 0.2) is 5.69 Å². The predicted molar refractivity (Wildman–Crippen MR) is 79.1 cm³/mol. The van der Waals surface area contributed by atoms with Crippen LogP contribution < -0.4 is 10.9 Å². The third-order valence-corrected chi connectivity index (χ3v) is 4.50. The van der Waals surface area contributed by atoms with E-state index in [0.29, 0.717) is 11.6 Å². The molecule has 0 unspecified atom stereocenters. The highest BCUT2D eigenvalue weighted by Gasteiger charge is 2.35. The highest BCUT2D eigenvalue weighted by Crippen LogP contribution is 2.40. The first-order valence-electron chi connectivity index (χ1n) is 7.81. The Balaban J connectivity index is 1.39. The van der Waals surface area contributed by atoms with Crippen molar-refractivity contribution >= 4 is 5.91 Å². The molecular formula is C15H17N5O3. The molecule has 0 aromatic carbocycles. The number of rotatable bonds is 4. The quantitative estimate of drug-likeness (QED) is 0.870. The van der Waals surface area contributed by atoms with Crippen molar-refractivity contribution in [3.05, 3.63) is 39.3 Å². The molecule has 8 heteroatoms. The highest BCUT2D eigenvalue weighted by atomic mass is 16.6. The molecule has 0 aliphatic heterocycles. The molecule has 0 spiro atoms. The summed E-state index contributed by atoms with van der Waals surface area (Å²) < 4.78 is 4.54. The van der Waals surface area contributed by atoms with Gasteiger partial charge >= 0.3 is 0 Å². The van der Waals surface area contributed by atoms with Gasteiger partial charge in [0.05, 0.1) is 5.69 Å². The Bertz CT molecular complexity index is 801. The predicted octanol–water partition coefficient (Wildman–Crippen LogP) is 1.01. The molecule has 2 aromatic rings. The zero-order valence-electron chi connectivity index (χ0n) is 12.7. The van der Waals surface area contributed by atoms with Crippen molar-refractivity contribution < 1.29 is 9.42 Å². The number of amides is 1. The van der Waals surface area contributed by atoms with Crippen molar-refractivity contribution in [2.45, 2.75) is 50.5 Å². The molecule has 2 N–H and O–H groups in total. The molecule has 2 heterocycles. The van der Waals surface area contributed by atoms with Crippen LogP contribution in [0, 0.1) is 6.92 Å². The third kappa shape index (κ3) is 2.76. The van der Waals surface area contributed by atoms with Crippen LogP contribution in [0.25, 0.3) is 0 Å². The van der Waals surface area contributed by atoms with Crippen LogP contribution in [-0.2, 0) is 0 Å². The lowest BCUT2D eigenvalue weighted by Gasteiger charge is -2.35. The molecule has 2 aliphatic rings. The van der Waals surface area contributed by atoms with Gasteiger partial charge in [0, 0.05) is 23.9 Å². The van der Waals surface area contributed by atoms with E-state index in [4.69, 9.17) is 0 Å². The van der Waals surface area contributed by atoms with Crippen LogP contribution in [0.5, 0.6) is 0 Å². The smallest absolute Gasteiger partial charge is 0.275 e. The van der Waals surface area contributed by atoms with E-state index in [1.165, 1.54) is 0 Å². The first kappa shape index (κ1) is 14.1. The average molecular weight is 315 g/mol. The second-order valence-corrected chi connectivity index (χ2v) is 6.37. The largest absolute Gasteiger partial charge is 0.348 e. The molecule has 1 amide bonds. The Morgan fingerprint density at radius 1 is 1.30 bits per heavy atom. The third-order valence-electron chi connectivity index (χ3n) is 4.50. The van der Waals surface area contributed by atoms with Gasteiger partial charge in [-0.3, -0.25) is 9.59 Å². The minimum atomic E-state index is -0.273. The van der Waals surface area contributed by atoms with E-state index in [1.54, 1.807) is 13.0 Å². The lowest BCUT2D eigenvalue weighted by Crippen LogP contribution is -2.44. The van der Waals surface area contributed by atoms with Crippen molar-refractivity contribution in [1.82, 2.24) is 25.6 Å². The summed E-state index contributed by atoms with van der Waals surface area (Å²) in [5.74, 6) is 1.17. The van der Waals surface area contributed by atoms with E-state index in [2.05, 4.69) is 30.2 Å². The number of H-pyrrole nitrogens is 1. The number of hydrogen-bond acceptors (Lipinski definition) is 6. The second-order valence-electron chi connectivity index (χ2n) is 6.37. The van der Waals surface area contributed by atoms with Crippen LogP contribution >= 0.6 is 0 Å². The number of aryl methyl sites for hydroxylation is 1. The van der Waals surface area contributed by atoms with Gasteiger partial charge in [-0.1, -0.05) is 5.16 Å². The fraction of sp³-hybridized carbons (Fsp3) is 0.533. The number of nitrogens with one attached hydrogen (secondary N) is 2.